The average Bonchev–Trinajstić information content (AvgIpc) is 2.97. The summed E-state index contributed by atoms with van der Waals surface area (Å²) in [4.78, 5) is 33.8. The molecular formula is C31H25N7O2. The van der Waals surface area contributed by atoms with E-state index in [0.29, 0.717) is 40.1 Å². The van der Waals surface area contributed by atoms with Gasteiger partial charge >= 0.3 is 0 Å². The highest BCUT2D eigenvalue weighted by atomic mass is 16.3. The lowest BCUT2D eigenvalue weighted by Gasteiger charge is -2.14. The third-order valence-corrected chi connectivity index (χ3v) is 6.41. The second-order valence-electron chi connectivity index (χ2n) is 9.47. The molecule has 3 heterocycles. The zero-order chi connectivity index (χ0) is 28.1. The van der Waals surface area contributed by atoms with Crippen LogP contribution in [0, 0.1) is 18.3 Å². The summed E-state index contributed by atoms with van der Waals surface area (Å²) in [5, 5.41) is 22.5. The van der Waals surface area contributed by atoms with E-state index in [9.17, 15) is 9.90 Å². The molecule has 1 atom stereocenters. The number of carbonyl (C=O) groups is 1. The van der Waals surface area contributed by atoms with Crippen molar-refractivity contribution >= 4 is 11.6 Å². The van der Waals surface area contributed by atoms with Crippen LogP contribution < -0.4 is 5.32 Å². The van der Waals surface area contributed by atoms with Gasteiger partial charge in [-0.3, -0.25) is 14.8 Å². The number of hydrogen-bond acceptors (Lipinski definition) is 8. The van der Waals surface area contributed by atoms with Crippen LogP contribution in [0.3, 0.4) is 0 Å². The predicted octanol–water partition coefficient (Wildman–Crippen LogP) is 5.48. The number of carbonyl (C=O) groups excluding carboxylic acids is 1. The van der Waals surface area contributed by atoms with Crippen molar-refractivity contribution in [2.24, 2.45) is 0 Å². The van der Waals surface area contributed by atoms with Crippen molar-refractivity contribution in [3.05, 3.63) is 114 Å². The van der Waals surface area contributed by atoms with E-state index in [1.54, 1.807) is 43.0 Å². The van der Waals surface area contributed by atoms with Crippen molar-refractivity contribution in [1.29, 1.82) is 5.26 Å². The van der Waals surface area contributed by atoms with E-state index in [-0.39, 0.29) is 23.4 Å². The van der Waals surface area contributed by atoms with Gasteiger partial charge < -0.3 is 10.4 Å². The summed E-state index contributed by atoms with van der Waals surface area (Å²) in [6, 6.07) is 16.7. The van der Waals surface area contributed by atoms with Gasteiger partial charge in [-0.1, -0.05) is 25.1 Å². The van der Waals surface area contributed by atoms with E-state index in [1.807, 2.05) is 43.3 Å². The van der Waals surface area contributed by atoms with Crippen molar-refractivity contribution in [2.75, 3.05) is 5.32 Å². The number of anilines is 1. The molecule has 0 aliphatic heterocycles. The smallest absolute Gasteiger partial charge is 0.257 e. The Balaban J connectivity index is 1.30. The molecule has 0 saturated heterocycles. The Morgan fingerprint density at radius 3 is 2.52 bits per heavy atom. The normalized spacial score (nSPS) is 11.4. The molecule has 0 unspecified atom stereocenters. The Labute approximate surface area is 231 Å². The first-order valence-corrected chi connectivity index (χ1v) is 12.6. The van der Waals surface area contributed by atoms with E-state index < -0.39 is 0 Å². The fraction of sp³-hybridized carbons (Fsp3) is 0.129. The zero-order valence-corrected chi connectivity index (χ0v) is 21.9. The maximum Gasteiger partial charge on any atom is 0.257 e. The number of phenolic OH excluding ortho intramolecular Hbond substituents is 1. The van der Waals surface area contributed by atoms with E-state index in [0.717, 1.165) is 16.8 Å². The fourth-order valence-corrected chi connectivity index (χ4v) is 4.34. The van der Waals surface area contributed by atoms with Crippen LogP contribution in [0.15, 0.2) is 85.7 Å². The highest BCUT2D eigenvalue weighted by molar-refractivity contribution is 6.04. The number of nitrogens with one attached hydrogen (secondary N) is 1. The summed E-state index contributed by atoms with van der Waals surface area (Å²) >= 11 is 0. The first-order chi connectivity index (χ1) is 19.4. The lowest BCUT2D eigenvalue weighted by molar-refractivity contribution is 0.102. The Morgan fingerprint density at radius 2 is 1.77 bits per heavy atom. The van der Waals surface area contributed by atoms with Crippen LogP contribution in [0.4, 0.5) is 5.69 Å². The number of nitriles is 1. The number of benzene rings is 2. The number of amides is 1. The van der Waals surface area contributed by atoms with Crippen LogP contribution in [0.1, 0.15) is 45.8 Å². The van der Waals surface area contributed by atoms with Crippen molar-refractivity contribution in [2.45, 2.75) is 26.2 Å². The second kappa shape index (κ2) is 11.5. The number of rotatable bonds is 7. The van der Waals surface area contributed by atoms with Crippen molar-refractivity contribution in [1.82, 2.24) is 24.9 Å². The molecule has 5 rings (SSSR count). The lowest BCUT2D eigenvalue weighted by Crippen LogP contribution is -2.12. The maximum absolute atomic E-state index is 12.7. The quantitative estimate of drug-likeness (QED) is 0.284. The van der Waals surface area contributed by atoms with Crippen LogP contribution in [0.5, 0.6) is 5.75 Å². The first kappa shape index (κ1) is 26.1. The number of aromatic hydroxyl groups is 1. The van der Waals surface area contributed by atoms with Gasteiger partial charge in [0.1, 0.15) is 11.8 Å². The molecule has 0 saturated carbocycles. The van der Waals surface area contributed by atoms with Gasteiger partial charge in [-0.05, 0) is 60.7 Å². The van der Waals surface area contributed by atoms with Crippen LogP contribution in [0.25, 0.3) is 22.4 Å². The Bertz CT molecular complexity index is 1730. The molecule has 2 aromatic carbocycles. The Morgan fingerprint density at radius 1 is 0.975 bits per heavy atom. The highest BCUT2D eigenvalue weighted by Gasteiger charge is 2.13. The summed E-state index contributed by atoms with van der Waals surface area (Å²) < 4.78 is 0. The molecule has 40 heavy (non-hydrogen) atoms. The van der Waals surface area contributed by atoms with Crippen LogP contribution in [0.2, 0.25) is 0 Å². The molecule has 196 valence electrons. The number of aromatic nitrogens is 5. The van der Waals surface area contributed by atoms with E-state index in [2.05, 4.69) is 32.2 Å². The molecule has 0 fully saturated rings. The molecule has 0 aliphatic rings. The number of hydrogen-bond donors (Lipinski definition) is 2. The number of nitrogens with zero attached hydrogens (tertiary/aromatic N) is 6. The molecule has 3 aromatic heterocycles. The van der Waals surface area contributed by atoms with Gasteiger partial charge in [-0.25, -0.2) is 15.0 Å². The van der Waals surface area contributed by atoms with Gasteiger partial charge in [0, 0.05) is 53.4 Å². The van der Waals surface area contributed by atoms with Gasteiger partial charge in [0.05, 0.1) is 23.1 Å². The van der Waals surface area contributed by atoms with Crippen molar-refractivity contribution in [3.63, 3.8) is 0 Å². The van der Waals surface area contributed by atoms with Crippen LogP contribution in [-0.4, -0.2) is 35.9 Å². The third kappa shape index (κ3) is 5.97. The van der Waals surface area contributed by atoms with E-state index in [4.69, 9.17) is 10.2 Å². The minimum Gasteiger partial charge on any atom is -0.507 e. The molecule has 0 bridgehead atoms. The van der Waals surface area contributed by atoms with Crippen LogP contribution >= 0.6 is 0 Å². The Kier molecular flexibility index (Phi) is 7.51. The van der Waals surface area contributed by atoms with Crippen molar-refractivity contribution < 1.29 is 9.90 Å². The zero-order valence-electron chi connectivity index (χ0n) is 21.9. The fourth-order valence-electron chi connectivity index (χ4n) is 4.34. The molecule has 1 amide bonds. The number of pyridine rings is 1. The summed E-state index contributed by atoms with van der Waals surface area (Å²) in [5.74, 6) is 0.0129. The average molecular weight is 528 g/mol. The summed E-state index contributed by atoms with van der Waals surface area (Å²) in [6.45, 7) is 3.99. The first-order valence-electron chi connectivity index (χ1n) is 12.6. The highest BCUT2D eigenvalue weighted by Crippen LogP contribution is 2.32. The number of phenols is 1. The predicted molar refractivity (Wildman–Crippen MR) is 150 cm³/mol. The molecule has 9 heteroatoms. The van der Waals surface area contributed by atoms with E-state index in [1.165, 1.54) is 12.4 Å². The topological polar surface area (TPSA) is 138 Å². The van der Waals surface area contributed by atoms with Crippen LogP contribution in [-0.2, 0) is 6.42 Å². The van der Waals surface area contributed by atoms with Gasteiger partial charge in [0.15, 0.2) is 0 Å². The third-order valence-electron chi connectivity index (χ3n) is 6.41. The van der Waals surface area contributed by atoms with Gasteiger partial charge in [-0.2, -0.15) is 5.26 Å². The standard InChI is InChI=1S/C31H25N7O2/c1-19-8-23(14-33-13-19)31(40)38-25-5-3-4-21(10-25)20(2)9-26-17-34-18-28(37-26)22-6-7-27(29(39)11-22)24-15-35-30(12-32)36-16-24/h3-8,10-11,13-18,20,39H,9H2,1-2H3,(H,38,40)/t20-/m1/s1. The molecule has 0 spiro atoms. The molecule has 2 N–H and O–H groups in total. The lowest BCUT2D eigenvalue weighted by atomic mass is 9.95. The molecular weight excluding hydrogens is 502 g/mol. The van der Waals surface area contributed by atoms with Gasteiger partial charge in [-0.15, -0.1) is 0 Å². The summed E-state index contributed by atoms with van der Waals surface area (Å²) in [5.41, 5.74) is 6.50. The molecule has 9 nitrogen and oxygen atoms in total. The minimum absolute atomic E-state index is 0.0479. The Hall–Kier alpha value is -5.49. The molecule has 0 aliphatic carbocycles. The van der Waals surface area contributed by atoms with E-state index >= 15 is 0 Å². The van der Waals surface area contributed by atoms with Gasteiger partial charge in [0.25, 0.3) is 5.91 Å². The van der Waals surface area contributed by atoms with Gasteiger partial charge in [0.2, 0.25) is 5.82 Å². The van der Waals surface area contributed by atoms with Crippen molar-refractivity contribution in [3.8, 4) is 34.2 Å². The summed E-state index contributed by atoms with van der Waals surface area (Å²) in [6.07, 6.45) is 10.3. The number of aryl methyl sites for hydroxylation is 1. The SMILES string of the molecule is Cc1cncc(C(=O)Nc2cccc([C@H](C)Cc3cncc(-c4ccc(-c5cnc(C#N)nc5)c(O)c4)n3)c2)c1. The largest absolute Gasteiger partial charge is 0.507 e. The second-order valence-corrected chi connectivity index (χ2v) is 9.47. The maximum atomic E-state index is 12.7. The summed E-state index contributed by atoms with van der Waals surface area (Å²) in [7, 11) is 0. The molecule has 0 radical (unpaired) electrons. The molecule has 5 aromatic rings. The monoisotopic (exact) mass is 527 g/mol. The minimum atomic E-state index is -0.208.